The lowest BCUT2D eigenvalue weighted by Gasteiger charge is -2.20. The van der Waals surface area contributed by atoms with Crippen molar-refractivity contribution in [1.29, 1.82) is 0 Å². The summed E-state index contributed by atoms with van der Waals surface area (Å²) in [6.45, 7) is 8.47. The molecule has 3 rings (SSSR count). The summed E-state index contributed by atoms with van der Waals surface area (Å²) in [6, 6.07) is 12.8. The van der Waals surface area contributed by atoms with Gasteiger partial charge < -0.3 is 9.30 Å². The van der Waals surface area contributed by atoms with Gasteiger partial charge in [-0.25, -0.2) is 4.39 Å². The van der Waals surface area contributed by atoms with Crippen LogP contribution in [0.15, 0.2) is 47.6 Å². The van der Waals surface area contributed by atoms with Crippen LogP contribution in [0.1, 0.15) is 50.8 Å². The molecule has 0 fully saturated rings. The molecule has 0 saturated carbocycles. The molecule has 0 bridgehead atoms. The van der Waals surface area contributed by atoms with Crippen molar-refractivity contribution < 1.29 is 9.13 Å². The van der Waals surface area contributed by atoms with Crippen LogP contribution in [0.2, 0.25) is 5.02 Å². The van der Waals surface area contributed by atoms with Crippen molar-refractivity contribution in [2.75, 3.05) is 0 Å². The van der Waals surface area contributed by atoms with E-state index in [2.05, 4.69) is 43.1 Å². The summed E-state index contributed by atoms with van der Waals surface area (Å²) >= 11 is 7.49. The SMILES string of the molecule is CC(Oc1ccc(C(C)(C)C)cc1)c1nnc(SCc2c(F)cccc2Cl)n1C. The molecule has 0 aliphatic heterocycles. The second-order valence-corrected chi connectivity index (χ2v) is 9.27. The zero-order valence-electron chi connectivity index (χ0n) is 17.2. The molecule has 0 spiro atoms. The zero-order chi connectivity index (χ0) is 21.2. The van der Waals surface area contributed by atoms with Gasteiger partial charge in [-0.15, -0.1) is 10.2 Å². The molecule has 0 amide bonds. The molecule has 154 valence electrons. The number of rotatable bonds is 6. The van der Waals surface area contributed by atoms with Crippen molar-refractivity contribution >= 4 is 23.4 Å². The molecule has 3 aromatic rings. The Morgan fingerprint density at radius 1 is 1.14 bits per heavy atom. The summed E-state index contributed by atoms with van der Waals surface area (Å²) in [6.07, 6.45) is -0.278. The summed E-state index contributed by atoms with van der Waals surface area (Å²) in [5, 5.41) is 9.59. The third-order valence-electron chi connectivity index (χ3n) is 4.67. The maximum atomic E-state index is 14.0. The van der Waals surface area contributed by atoms with Crippen molar-refractivity contribution in [3.05, 3.63) is 70.3 Å². The number of thioether (sulfide) groups is 1. The smallest absolute Gasteiger partial charge is 0.191 e. The molecular formula is C22H25ClFN3OS. The van der Waals surface area contributed by atoms with Crippen molar-refractivity contribution in [1.82, 2.24) is 14.8 Å². The fraction of sp³-hybridized carbons (Fsp3) is 0.364. The first-order valence-corrected chi connectivity index (χ1v) is 10.8. The average molecular weight is 434 g/mol. The Kier molecular flexibility index (Phi) is 6.54. The van der Waals surface area contributed by atoms with Crippen LogP contribution >= 0.6 is 23.4 Å². The molecular weight excluding hydrogens is 409 g/mol. The molecule has 0 aliphatic rings. The van der Waals surface area contributed by atoms with Crippen molar-refractivity contribution in [3.63, 3.8) is 0 Å². The Morgan fingerprint density at radius 2 is 1.83 bits per heavy atom. The Hall–Kier alpha value is -2.05. The molecule has 29 heavy (non-hydrogen) atoms. The molecule has 0 N–H and O–H groups in total. The van der Waals surface area contributed by atoms with Gasteiger partial charge in [0.05, 0.1) is 0 Å². The van der Waals surface area contributed by atoms with E-state index in [1.807, 2.05) is 30.7 Å². The molecule has 1 aromatic heterocycles. The van der Waals surface area contributed by atoms with Gasteiger partial charge in [-0.05, 0) is 42.2 Å². The van der Waals surface area contributed by atoms with E-state index in [0.29, 0.717) is 27.3 Å². The molecule has 0 radical (unpaired) electrons. The number of nitrogens with zero attached hydrogens (tertiary/aromatic N) is 3. The number of halogens is 2. The Morgan fingerprint density at radius 3 is 2.45 bits per heavy atom. The maximum absolute atomic E-state index is 14.0. The van der Waals surface area contributed by atoms with Gasteiger partial charge in [0.25, 0.3) is 0 Å². The minimum atomic E-state index is -0.317. The molecule has 1 atom stereocenters. The summed E-state index contributed by atoms with van der Waals surface area (Å²) in [5.74, 6) is 1.54. The van der Waals surface area contributed by atoms with Gasteiger partial charge in [0, 0.05) is 23.4 Å². The van der Waals surface area contributed by atoms with E-state index >= 15 is 0 Å². The van der Waals surface area contributed by atoms with Crippen molar-refractivity contribution in [2.45, 2.75) is 50.1 Å². The van der Waals surface area contributed by atoms with E-state index in [4.69, 9.17) is 16.3 Å². The van der Waals surface area contributed by atoms with Gasteiger partial charge in [-0.2, -0.15) is 0 Å². The minimum Gasteiger partial charge on any atom is -0.483 e. The molecule has 7 heteroatoms. The van der Waals surface area contributed by atoms with E-state index in [-0.39, 0.29) is 17.3 Å². The lowest BCUT2D eigenvalue weighted by Crippen LogP contribution is -2.12. The average Bonchev–Trinajstić information content (AvgIpc) is 3.02. The summed E-state index contributed by atoms with van der Waals surface area (Å²) in [5.41, 5.74) is 1.81. The Bertz CT molecular complexity index is 962. The van der Waals surface area contributed by atoms with Crippen molar-refractivity contribution in [3.8, 4) is 5.75 Å². The summed E-state index contributed by atoms with van der Waals surface area (Å²) in [4.78, 5) is 0. The van der Waals surface area contributed by atoms with E-state index in [0.717, 1.165) is 5.75 Å². The normalized spacial score (nSPS) is 12.8. The van der Waals surface area contributed by atoms with Gasteiger partial charge in [0.15, 0.2) is 17.1 Å². The lowest BCUT2D eigenvalue weighted by molar-refractivity contribution is 0.211. The van der Waals surface area contributed by atoms with Crippen LogP contribution in [0, 0.1) is 5.82 Å². The number of ether oxygens (including phenoxy) is 1. The topological polar surface area (TPSA) is 39.9 Å². The van der Waals surface area contributed by atoms with Crippen LogP contribution < -0.4 is 4.74 Å². The number of aromatic nitrogens is 3. The highest BCUT2D eigenvalue weighted by Crippen LogP contribution is 2.30. The minimum absolute atomic E-state index is 0.0982. The highest BCUT2D eigenvalue weighted by Gasteiger charge is 2.19. The van der Waals surface area contributed by atoms with Crippen LogP contribution in [-0.2, 0) is 18.2 Å². The predicted octanol–water partition coefficient (Wildman–Crippen LogP) is 6.34. The largest absolute Gasteiger partial charge is 0.483 e. The van der Waals surface area contributed by atoms with E-state index in [1.54, 1.807) is 12.1 Å². The molecule has 0 aliphatic carbocycles. The highest BCUT2D eigenvalue weighted by molar-refractivity contribution is 7.98. The Balaban J connectivity index is 1.68. The fourth-order valence-electron chi connectivity index (χ4n) is 2.90. The second-order valence-electron chi connectivity index (χ2n) is 7.92. The quantitative estimate of drug-likeness (QED) is 0.425. The fourth-order valence-corrected chi connectivity index (χ4v) is 4.16. The molecule has 1 heterocycles. The monoisotopic (exact) mass is 433 g/mol. The third kappa shape index (κ3) is 5.11. The predicted molar refractivity (Wildman–Crippen MR) is 116 cm³/mol. The van der Waals surface area contributed by atoms with Crippen LogP contribution in [0.25, 0.3) is 0 Å². The van der Waals surface area contributed by atoms with Gasteiger partial charge in [0.2, 0.25) is 0 Å². The summed E-state index contributed by atoms with van der Waals surface area (Å²) < 4.78 is 21.9. The van der Waals surface area contributed by atoms with Gasteiger partial charge in [-0.1, -0.05) is 62.3 Å². The van der Waals surface area contributed by atoms with E-state index in [9.17, 15) is 4.39 Å². The number of hydrogen-bond donors (Lipinski definition) is 0. The highest BCUT2D eigenvalue weighted by atomic mass is 35.5. The van der Waals surface area contributed by atoms with Crippen LogP contribution in [0.3, 0.4) is 0 Å². The molecule has 4 nitrogen and oxygen atoms in total. The lowest BCUT2D eigenvalue weighted by atomic mass is 9.87. The number of hydrogen-bond acceptors (Lipinski definition) is 4. The van der Waals surface area contributed by atoms with Crippen LogP contribution in [0.5, 0.6) is 5.75 Å². The van der Waals surface area contributed by atoms with Crippen LogP contribution in [-0.4, -0.2) is 14.8 Å². The van der Waals surface area contributed by atoms with E-state index in [1.165, 1.54) is 23.4 Å². The van der Waals surface area contributed by atoms with Crippen LogP contribution in [0.4, 0.5) is 4.39 Å². The van der Waals surface area contributed by atoms with Gasteiger partial charge in [-0.3, -0.25) is 0 Å². The first-order valence-electron chi connectivity index (χ1n) is 9.39. The molecule has 2 aromatic carbocycles. The summed E-state index contributed by atoms with van der Waals surface area (Å²) in [7, 11) is 1.88. The van der Waals surface area contributed by atoms with E-state index < -0.39 is 0 Å². The first kappa shape index (κ1) is 21.7. The second kappa shape index (κ2) is 8.76. The van der Waals surface area contributed by atoms with Crippen molar-refractivity contribution in [2.24, 2.45) is 7.05 Å². The Labute approximate surface area is 180 Å². The standard InChI is InChI=1S/C22H25ClFN3OS/c1-14(28-16-11-9-15(10-12-16)22(2,3)4)20-25-26-21(27(20)5)29-13-17-18(23)7-6-8-19(17)24/h6-12,14H,13H2,1-5H3. The first-order chi connectivity index (χ1) is 13.7. The zero-order valence-corrected chi connectivity index (χ0v) is 18.8. The third-order valence-corrected chi connectivity index (χ3v) is 6.07. The number of benzene rings is 2. The van der Waals surface area contributed by atoms with Gasteiger partial charge in [0.1, 0.15) is 11.6 Å². The molecule has 1 unspecified atom stereocenters. The van der Waals surface area contributed by atoms with Gasteiger partial charge >= 0.3 is 0 Å². The maximum Gasteiger partial charge on any atom is 0.191 e. The molecule has 0 saturated heterocycles.